The number of nitrogen functional groups attached to an aromatic ring is 1. The van der Waals surface area contributed by atoms with Crippen molar-refractivity contribution in [3.05, 3.63) is 4.88 Å². The third-order valence-electron chi connectivity index (χ3n) is 3.52. The number of anilines is 2. The maximum absolute atomic E-state index is 12.2. The van der Waals surface area contributed by atoms with Gasteiger partial charge in [-0.05, 0) is 38.6 Å². The van der Waals surface area contributed by atoms with E-state index in [1.807, 2.05) is 13.2 Å². The molecule has 0 spiro atoms. The molecule has 2 heterocycles. The van der Waals surface area contributed by atoms with Crippen molar-refractivity contribution in [2.24, 2.45) is 0 Å². The number of rotatable bonds is 6. The van der Waals surface area contributed by atoms with Gasteiger partial charge in [-0.2, -0.15) is 0 Å². The van der Waals surface area contributed by atoms with Gasteiger partial charge in [-0.1, -0.05) is 6.92 Å². The minimum atomic E-state index is -0.0620. The summed E-state index contributed by atoms with van der Waals surface area (Å²) in [6.07, 6.45) is 5.12. The number of amides is 1. The Labute approximate surface area is 134 Å². The number of hydrogen-bond donors (Lipinski definition) is 4. The van der Waals surface area contributed by atoms with Gasteiger partial charge in [0.1, 0.15) is 9.88 Å². The normalized spacial score (nSPS) is 15.9. The van der Waals surface area contributed by atoms with Crippen molar-refractivity contribution in [1.29, 1.82) is 0 Å². The number of thioether (sulfide) groups is 1. The van der Waals surface area contributed by atoms with Crippen LogP contribution < -0.4 is 21.7 Å². The standard InChI is InChI=1S/C14H24N4OS2/c1-3-6-17-13(19)11-10(15)12(20-2)14(21-11)18-9-4-7-16-8-5-9/h9,16,18H,3-8,15H2,1-2H3,(H,17,19). The van der Waals surface area contributed by atoms with Gasteiger partial charge in [0.15, 0.2) is 0 Å². The Balaban J connectivity index is 2.14. The number of thiophene rings is 1. The van der Waals surface area contributed by atoms with Crippen LogP contribution in [0.5, 0.6) is 0 Å². The second-order valence-corrected chi connectivity index (χ2v) is 6.97. The maximum atomic E-state index is 12.2. The van der Waals surface area contributed by atoms with Gasteiger partial charge >= 0.3 is 0 Å². The minimum Gasteiger partial charge on any atom is -0.396 e. The summed E-state index contributed by atoms with van der Waals surface area (Å²) in [5, 5.41) is 10.9. The molecule has 1 aliphatic rings. The molecular weight excluding hydrogens is 304 g/mol. The fourth-order valence-electron chi connectivity index (χ4n) is 2.37. The van der Waals surface area contributed by atoms with Crippen molar-refractivity contribution in [3.8, 4) is 0 Å². The average molecular weight is 329 g/mol. The molecule has 7 heteroatoms. The van der Waals surface area contributed by atoms with E-state index in [4.69, 9.17) is 5.73 Å². The molecular formula is C14H24N4OS2. The molecule has 0 aromatic carbocycles. The summed E-state index contributed by atoms with van der Waals surface area (Å²) in [4.78, 5) is 13.8. The van der Waals surface area contributed by atoms with Crippen LogP contribution in [0.25, 0.3) is 0 Å². The van der Waals surface area contributed by atoms with Gasteiger partial charge in [0.2, 0.25) is 0 Å². The number of carbonyl (C=O) groups excluding carboxylic acids is 1. The first-order valence-electron chi connectivity index (χ1n) is 7.39. The maximum Gasteiger partial charge on any atom is 0.263 e. The molecule has 0 saturated carbocycles. The van der Waals surface area contributed by atoms with Gasteiger partial charge in [0, 0.05) is 12.6 Å². The van der Waals surface area contributed by atoms with E-state index in [9.17, 15) is 4.79 Å². The first-order chi connectivity index (χ1) is 10.2. The van der Waals surface area contributed by atoms with E-state index in [1.165, 1.54) is 11.3 Å². The summed E-state index contributed by atoms with van der Waals surface area (Å²) in [5.41, 5.74) is 6.78. The van der Waals surface area contributed by atoms with Crippen LogP contribution in [0, 0.1) is 0 Å². The molecule has 5 N–H and O–H groups in total. The lowest BCUT2D eigenvalue weighted by molar-refractivity contribution is 0.0958. The molecule has 21 heavy (non-hydrogen) atoms. The third-order valence-corrected chi connectivity index (χ3v) is 5.62. The quantitative estimate of drug-likeness (QED) is 0.603. The molecule has 1 aromatic rings. The Bertz CT molecular complexity index is 484. The van der Waals surface area contributed by atoms with E-state index in [1.54, 1.807) is 11.8 Å². The molecule has 0 unspecified atom stereocenters. The fourth-order valence-corrected chi connectivity index (χ4v) is 4.38. The predicted molar refractivity (Wildman–Crippen MR) is 92.7 cm³/mol. The van der Waals surface area contributed by atoms with Crippen molar-refractivity contribution in [2.75, 3.05) is 36.9 Å². The second kappa shape index (κ2) is 7.91. The smallest absolute Gasteiger partial charge is 0.263 e. The van der Waals surface area contributed by atoms with E-state index < -0.39 is 0 Å². The first kappa shape index (κ1) is 16.5. The highest BCUT2D eigenvalue weighted by atomic mass is 32.2. The summed E-state index contributed by atoms with van der Waals surface area (Å²) in [7, 11) is 0. The van der Waals surface area contributed by atoms with Crippen LogP contribution in [0.15, 0.2) is 4.90 Å². The van der Waals surface area contributed by atoms with E-state index in [0.717, 1.165) is 42.2 Å². The molecule has 118 valence electrons. The van der Waals surface area contributed by atoms with Crippen LogP contribution in [-0.2, 0) is 0 Å². The highest BCUT2D eigenvalue weighted by Gasteiger charge is 2.22. The van der Waals surface area contributed by atoms with Crippen molar-refractivity contribution < 1.29 is 4.79 Å². The summed E-state index contributed by atoms with van der Waals surface area (Å²) < 4.78 is 0. The van der Waals surface area contributed by atoms with Crippen LogP contribution in [0.3, 0.4) is 0 Å². The van der Waals surface area contributed by atoms with E-state index in [0.29, 0.717) is 23.2 Å². The summed E-state index contributed by atoms with van der Waals surface area (Å²) in [6.45, 7) is 4.80. The van der Waals surface area contributed by atoms with E-state index in [-0.39, 0.29) is 5.91 Å². The van der Waals surface area contributed by atoms with Gasteiger partial charge in [0.05, 0.1) is 10.6 Å². The minimum absolute atomic E-state index is 0.0620. The zero-order chi connectivity index (χ0) is 15.2. The van der Waals surface area contributed by atoms with E-state index in [2.05, 4.69) is 16.0 Å². The molecule has 1 saturated heterocycles. The van der Waals surface area contributed by atoms with Crippen molar-refractivity contribution in [2.45, 2.75) is 37.1 Å². The van der Waals surface area contributed by atoms with E-state index >= 15 is 0 Å². The number of hydrogen-bond acceptors (Lipinski definition) is 6. The van der Waals surface area contributed by atoms with Gasteiger partial charge < -0.3 is 21.7 Å². The lowest BCUT2D eigenvalue weighted by Gasteiger charge is -2.24. The Kier molecular flexibility index (Phi) is 6.20. The Morgan fingerprint density at radius 2 is 2.19 bits per heavy atom. The summed E-state index contributed by atoms with van der Waals surface area (Å²) >= 11 is 3.07. The van der Waals surface area contributed by atoms with Gasteiger partial charge in [-0.3, -0.25) is 4.79 Å². The number of nitrogens with one attached hydrogen (secondary N) is 3. The fraction of sp³-hybridized carbons (Fsp3) is 0.643. The van der Waals surface area contributed by atoms with Crippen LogP contribution in [0.4, 0.5) is 10.7 Å². The topological polar surface area (TPSA) is 79.2 Å². The third kappa shape index (κ3) is 4.05. The molecule has 0 radical (unpaired) electrons. The highest BCUT2D eigenvalue weighted by molar-refractivity contribution is 7.99. The Morgan fingerprint density at radius 3 is 2.81 bits per heavy atom. The van der Waals surface area contributed by atoms with Crippen molar-refractivity contribution in [1.82, 2.24) is 10.6 Å². The zero-order valence-electron chi connectivity index (χ0n) is 12.6. The first-order valence-corrected chi connectivity index (χ1v) is 9.43. The van der Waals surface area contributed by atoms with Crippen LogP contribution in [0.2, 0.25) is 0 Å². The molecule has 1 fully saturated rings. The molecule has 1 aromatic heterocycles. The van der Waals surface area contributed by atoms with Gasteiger partial charge in [0.25, 0.3) is 5.91 Å². The molecule has 2 rings (SSSR count). The molecule has 0 bridgehead atoms. The average Bonchev–Trinajstić information content (AvgIpc) is 2.81. The Morgan fingerprint density at radius 1 is 1.48 bits per heavy atom. The van der Waals surface area contributed by atoms with Crippen LogP contribution in [0.1, 0.15) is 35.9 Å². The van der Waals surface area contributed by atoms with Crippen LogP contribution in [-0.4, -0.2) is 37.8 Å². The zero-order valence-corrected chi connectivity index (χ0v) is 14.3. The largest absolute Gasteiger partial charge is 0.396 e. The number of carbonyl (C=O) groups is 1. The molecule has 1 amide bonds. The monoisotopic (exact) mass is 328 g/mol. The Hall–Kier alpha value is -0.920. The van der Waals surface area contributed by atoms with Gasteiger partial charge in [-0.15, -0.1) is 23.1 Å². The molecule has 0 atom stereocenters. The second-order valence-electron chi connectivity index (χ2n) is 5.13. The number of piperidine rings is 1. The lowest BCUT2D eigenvalue weighted by Crippen LogP contribution is -2.35. The van der Waals surface area contributed by atoms with Crippen molar-refractivity contribution >= 4 is 39.7 Å². The predicted octanol–water partition coefficient (Wildman–Crippen LogP) is 2.36. The number of nitrogens with two attached hydrogens (primary N) is 1. The summed E-state index contributed by atoms with van der Waals surface area (Å²) in [5.74, 6) is -0.0620. The highest BCUT2D eigenvalue weighted by Crippen LogP contribution is 2.42. The van der Waals surface area contributed by atoms with Crippen molar-refractivity contribution in [3.63, 3.8) is 0 Å². The lowest BCUT2D eigenvalue weighted by atomic mass is 10.1. The SMILES string of the molecule is CCCNC(=O)c1sc(NC2CCNCC2)c(SC)c1N. The molecule has 1 aliphatic heterocycles. The molecule has 0 aliphatic carbocycles. The summed E-state index contributed by atoms with van der Waals surface area (Å²) in [6, 6.07) is 0.460. The van der Waals surface area contributed by atoms with Crippen LogP contribution >= 0.6 is 23.1 Å². The van der Waals surface area contributed by atoms with Gasteiger partial charge in [-0.25, -0.2) is 0 Å². The molecule has 5 nitrogen and oxygen atoms in total.